The molecule has 0 atom stereocenters. The Bertz CT molecular complexity index is 573. The number of methoxy groups -OCH3 is 1. The summed E-state index contributed by atoms with van der Waals surface area (Å²) >= 11 is 2.29. The van der Waals surface area contributed by atoms with Gasteiger partial charge in [-0.1, -0.05) is 24.3 Å². The van der Waals surface area contributed by atoms with Gasteiger partial charge in [-0.25, -0.2) is 0 Å². The Labute approximate surface area is 139 Å². The van der Waals surface area contributed by atoms with Crippen molar-refractivity contribution in [2.24, 2.45) is 0 Å². The van der Waals surface area contributed by atoms with E-state index >= 15 is 0 Å². The van der Waals surface area contributed by atoms with Crippen molar-refractivity contribution >= 4 is 28.4 Å². The fourth-order valence-corrected chi connectivity index (χ4v) is 2.50. The van der Waals surface area contributed by atoms with Crippen LogP contribution in [0.5, 0.6) is 5.75 Å². The fraction of sp³-hybridized carbons (Fsp3) is 0.278. The molecule has 3 heteroatoms. The van der Waals surface area contributed by atoms with E-state index in [4.69, 9.17) is 4.74 Å². The van der Waals surface area contributed by atoms with Crippen molar-refractivity contribution in [2.45, 2.75) is 25.7 Å². The smallest absolute Gasteiger partial charge is 0.133 e. The van der Waals surface area contributed by atoms with Gasteiger partial charge < -0.3 is 4.74 Å². The van der Waals surface area contributed by atoms with E-state index in [-0.39, 0.29) is 0 Å². The van der Waals surface area contributed by atoms with Gasteiger partial charge in [-0.15, -0.1) is 0 Å². The van der Waals surface area contributed by atoms with E-state index in [9.17, 15) is 4.79 Å². The van der Waals surface area contributed by atoms with Gasteiger partial charge in [0.05, 0.1) is 7.11 Å². The lowest BCUT2D eigenvalue weighted by molar-refractivity contribution is -0.119. The van der Waals surface area contributed by atoms with Crippen molar-refractivity contribution in [3.05, 3.63) is 63.2 Å². The Balaban J connectivity index is 1.75. The summed E-state index contributed by atoms with van der Waals surface area (Å²) in [6.45, 7) is 0. The third-order valence-corrected chi connectivity index (χ3v) is 4.18. The number of ketones is 1. The Morgan fingerprint density at radius 2 is 1.38 bits per heavy atom. The van der Waals surface area contributed by atoms with Crippen LogP contribution in [0.15, 0.2) is 48.5 Å². The molecule has 0 aromatic heterocycles. The number of hydrogen-bond acceptors (Lipinski definition) is 2. The van der Waals surface area contributed by atoms with Gasteiger partial charge in [-0.05, 0) is 70.8 Å². The zero-order valence-corrected chi connectivity index (χ0v) is 14.3. The van der Waals surface area contributed by atoms with E-state index in [1.807, 2.05) is 24.3 Å². The van der Waals surface area contributed by atoms with E-state index in [1.54, 1.807) is 7.11 Å². The third-order valence-electron chi connectivity index (χ3n) is 3.46. The molecule has 0 saturated heterocycles. The molecule has 0 N–H and O–H groups in total. The van der Waals surface area contributed by atoms with Gasteiger partial charge in [0.15, 0.2) is 0 Å². The SMILES string of the molecule is COc1ccc(CCC(=O)CCc2ccc(I)cc2)cc1. The van der Waals surface area contributed by atoms with Crippen molar-refractivity contribution in [3.8, 4) is 5.75 Å². The highest BCUT2D eigenvalue weighted by Gasteiger charge is 2.04. The number of rotatable bonds is 7. The molecule has 0 amide bonds. The lowest BCUT2D eigenvalue weighted by Gasteiger charge is -2.04. The van der Waals surface area contributed by atoms with Gasteiger partial charge in [0.1, 0.15) is 11.5 Å². The Hall–Kier alpha value is -1.36. The summed E-state index contributed by atoms with van der Waals surface area (Å²) < 4.78 is 6.35. The molecule has 2 rings (SSSR count). The molecule has 0 heterocycles. The minimum absolute atomic E-state index is 0.323. The summed E-state index contributed by atoms with van der Waals surface area (Å²) in [6.07, 6.45) is 2.86. The van der Waals surface area contributed by atoms with Crippen molar-refractivity contribution in [1.29, 1.82) is 0 Å². The molecule has 2 aromatic carbocycles. The molecule has 110 valence electrons. The van der Waals surface area contributed by atoms with E-state index in [2.05, 4.69) is 46.9 Å². The molecular formula is C18H19IO2. The van der Waals surface area contributed by atoms with Crippen LogP contribution >= 0.6 is 22.6 Å². The maximum atomic E-state index is 12.0. The molecule has 0 aliphatic carbocycles. The molecule has 0 unspecified atom stereocenters. The largest absolute Gasteiger partial charge is 0.497 e. The summed E-state index contributed by atoms with van der Waals surface area (Å²) in [6, 6.07) is 16.3. The predicted molar refractivity (Wildman–Crippen MR) is 93.8 cm³/mol. The van der Waals surface area contributed by atoms with E-state index < -0.39 is 0 Å². The topological polar surface area (TPSA) is 26.3 Å². The highest BCUT2D eigenvalue weighted by Crippen LogP contribution is 2.14. The van der Waals surface area contributed by atoms with Crippen molar-refractivity contribution in [1.82, 2.24) is 0 Å². The fourth-order valence-electron chi connectivity index (χ4n) is 2.14. The number of benzene rings is 2. The second-order valence-corrected chi connectivity index (χ2v) is 6.26. The Morgan fingerprint density at radius 1 is 0.905 bits per heavy atom. The normalized spacial score (nSPS) is 10.4. The molecule has 0 aliphatic rings. The number of carbonyl (C=O) groups is 1. The molecule has 0 spiro atoms. The summed E-state index contributed by atoms with van der Waals surface area (Å²) in [4.78, 5) is 12.0. The lowest BCUT2D eigenvalue weighted by atomic mass is 10.0. The van der Waals surface area contributed by atoms with Gasteiger partial charge in [0.2, 0.25) is 0 Å². The molecular weight excluding hydrogens is 375 g/mol. The van der Waals surface area contributed by atoms with Crippen LogP contribution in [-0.2, 0) is 17.6 Å². The first kappa shape index (κ1) is 16.0. The standard InChI is InChI=1S/C18H19IO2/c1-21-18-12-6-15(7-13-18)5-11-17(20)10-4-14-2-8-16(19)9-3-14/h2-3,6-9,12-13H,4-5,10-11H2,1H3. The number of ether oxygens (including phenoxy) is 1. The molecule has 0 aliphatic heterocycles. The van der Waals surface area contributed by atoms with Crippen molar-refractivity contribution in [2.75, 3.05) is 7.11 Å². The summed E-state index contributed by atoms with van der Waals surface area (Å²) in [7, 11) is 1.66. The minimum Gasteiger partial charge on any atom is -0.497 e. The van der Waals surface area contributed by atoms with Crippen LogP contribution in [0.4, 0.5) is 0 Å². The van der Waals surface area contributed by atoms with E-state index in [0.717, 1.165) is 18.6 Å². The second-order valence-electron chi connectivity index (χ2n) is 5.01. The van der Waals surface area contributed by atoms with Gasteiger partial charge in [-0.2, -0.15) is 0 Å². The maximum absolute atomic E-state index is 12.0. The number of Topliss-reactive ketones (excluding diaryl/α,β-unsaturated/α-hetero) is 1. The quantitative estimate of drug-likeness (QED) is 0.650. The monoisotopic (exact) mass is 394 g/mol. The van der Waals surface area contributed by atoms with Gasteiger partial charge in [-0.3, -0.25) is 4.79 Å². The van der Waals surface area contributed by atoms with Crippen LogP contribution in [-0.4, -0.2) is 12.9 Å². The van der Waals surface area contributed by atoms with Crippen molar-refractivity contribution in [3.63, 3.8) is 0 Å². The summed E-state index contributed by atoms with van der Waals surface area (Å²) in [5.41, 5.74) is 2.41. The van der Waals surface area contributed by atoms with Crippen LogP contribution in [0.1, 0.15) is 24.0 Å². The first-order valence-corrected chi connectivity index (χ1v) is 8.14. The number of carbonyl (C=O) groups excluding carboxylic acids is 1. The van der Waals surface area contributed by atoms with Crippen LogP contribution < -0.4 is 4.74 Å². The van der Waals surface area contributed by atoms with Crippen LogP contribution in [0.2, 0.25) is 0 Å². The van der Waals surface area contributed by atoms with Crippen molar-refractivity contribution < 1.29 is 9.53 Å². The molecule has 0 saturated carbocycles. The molecule has 2 nitrogen and oxygen atoms in total. The zero-order chi connectivity index (χ0) is 15.1. The first-order valence-electron chi connectivity index (χ1n) is 7.06. The average Bonchev–Trinajstić information content (AvgIpc) is 2.53. The predicted octanol–water partition coefficient (Wildman–Crippen LogP) is 4.43. The van der Waals surface area contributed by atoms with Gasteiger partial charge >= 0.3 is 0 Å². The van der Waals surface area contributed by atoms with Crippen LogP contribution in [0, 0.1) is 3.57 Å². The Morgan fingerprint density at radius 3 is 1.86 bits per heavy atom. The van der Waals surface area contributed by atoms with E-state index in [0.29, 0.717) is 18.6 Å². The summed E-state index contributed by atoms with van der Waals surface area (Å²) in [5, 5.41) is 0. The van der Waals surface area contributed by atoms with Crippen LogP contribution in [0.25, 0.3) is 0 Å². The zero-order valence-electron chi connectivity index (χ0n) is 12.1. The molecule has 0 fully saturated rings. The highest BCUT2D eigenvalue weighted by molar-refractivity contribution is 14.1. The molecule has 2 aromatic rings. The number of hydrogen-bond donors (Lipinski definition) is 0. The molecule has 0 bridgehead atoms. The average molecular weight is 394 g/mol. The maximum Gasteiger partial charge on any atom is 0.133 e. The van der Waals surface area contributed by atoms with Gasteiger partial charge in [0, 0.05) is 16.4 Å². The number of aryl methyl sites for hydroxylation is 2. The minimum atomic E-state index is 0.323. The Kier molecular flexibility index (Phi) is 6.23. The molecule has 21 heavy (non-hydrogen) atoms. The van der Waals surface area contributed by atoms with E-state index in [1.165, 1.54) is 14.7 Å². The second kappa shape index (κ2) is 8.17. The first-order chi connectivity index (χ1) is 10.2. The summed E-state index contributed by atoms with van der Waals surface area (Å²) in [5.74, 6) is 1.17. The van der Waals surface area contributed by atoms with Crippen LogP contribution in [0.3, 0.4) is 0 Å². The lowest BCUT2D eigenvalue weighted by Crippen LogP contribution is -2.02. The van der Waals surface area contributed by atoms with Gasteiger partial charge in [0.25, 0.3) is 0 Å². The number of halogens is 1. The third kappa shape index (κ3) is 5.50. The highest BCUT2D eigenvalue weighted by atomic mass is 127. The molecule has 0 radical (unpaired) electrons.